The third-order valence-electron chi connectivity index (χ3n) is 6.42. The molecule has 1 amide bonds. The summed E-state index contributed by atoms with van der Waals surface area (Å²) in [5.41, 5.74) is -0.446. The van der Waals surface area contributed by atoms with E-state index in [9.17, 15) is 4.79 Å². The second-order valence-electron chi connectivity index (χ2n) is 10.2. The van der Waals surface area contributed by atoms with Crippen molar-refractivity contribution in [1.82, 2.24) is 20.4 Å². The van der Waals surface area contributed by atoms with Crippen LogP contribution < -0.4 is 10.6 Å². The van der Waals surface area contributed by atoms with Crippen LogP contribution >= 0.6 is 0 Å². The normalized spacial score (nSPS) is 26.8. The lowest BCUT2D eigenvalue weighted by atomic mass is 9.98. The van der Waals surface area contributed by atoms with Crippen LogP contribution in [0, 0.1) is 5.92 Å². The lowest BCUT2D eigenvalue weighted by Crippen LogP contribution is -2.46. The van der Waals surface area contributed by atoms with Gasteiger partial charge in [0.1, 0.15) is 5.60 Å². The smallest absolute Gasteiger partial charge is 0.410 e. The molecule has 0 aromatic heterocycles. The number of carbonyl (C=O) groups excluding carboxylic acids is 1. The molecule has 0 radical (unpaired) electrons. The minimum absolute atomic E-state index is 0.195. The fourth-order valence-corrected chi connectivity index (χ4v) is 4.95. The molecule has 0 aromatic carbocycles. The SMILES string of the molecule is CCNC(=NCC1CCCN(C(=O)OC(C)(C)C)C1)NC1CCN(C2CCCC2)C1. The van der Waals surface area contributed by atoms with Crippen LogP contribution in [0.25, 0.3) is 0 Å². The minimum Gasteiger partial charge on any atom is -0.444 e. The molecule has 3 fully saturated rings. The summed E-state index contributed by atoms with van der Waals surface area (Å²) >= 11 is 0. The van der Waals surface area contributed by atoms with Gasteiger partial charge in [-0.1, -0.05) is 12.8 Å². The highest BCUT2D eigenvalue weighted by Gasteiger charge is 2.31. The maximum absolute atomic E-state index is 12.4. The Hall–Kier alpha value is -1.50. The summed E-state index contributed by atoms with van der Waals surface area (Å²) in [6.45, 7) is 13.3. The fourth-order valence-electron chi connectivity index (χ4n) is 4.95. The van der Waals surface area contributed by atoms with Gasteiger partial charge in [-0.25, -0.2) is 4.79 Å². The molecule has 7 nitrogen and oxygen atoms in total. The summed E-state index contributed by atoms with van der Waals surface area (Å²) in [5, 5.41) is 7.08. The standard InChI is InChI=1S/C23H43N5O2/c1-5-24-21(26-19-12-14-27(17-19)20-10-6-7-11-20)25-15-18-9-8-13-28(16-18)22(29)30-23(2,3)4/h18-20H,5-17H2,1-4H3,(H2,24,25,26). The van der Waals surface area contributed by atoms with Gasteiger partial charge >= 0.3 is 6.09 Å². The number of hydrogen-bond donors (Lipinski definition) is 2. The van der Waals surface area contributed by atoms with E-state index in [0.29, 0.717) is 12.0 Å². The van der Waals surface area contributed by atoms with E-state index in [1.165, 1.54) is 38.6 Å². The van der Waals surface area contributed by atoms with Crippen LogP contribution in [0.15, 0.2) is 4.99 Å². The Labute approximate surface area is 183 Å². The summed E-state index contributed by atoms with van der Waals surface area (Å²) in [5.74, 6) is 1.31. The van der Waals surface area contributed by atoms with Gasteiger partial charge < -0.3 is 20.3 Å². The van der Waals surface area contributed by atoms with Crippen LogP contribution in [0.4, 0.5) is 4.79 Å². The summed E-state index contributed by atoms with van der Waals surface area (Å²) in [7, 11) is 0. The number of ether oxygens (including phenoxy) is 1. The molecule has 1 saturated carbocycles. The predicted molar refractivity (Wildman–Crippen MR) is 122 cm³/mol. The predicted octanol–water partition coefficient (Wildman–Crippen LogP) is 3.21. The molecule has 0 bridgehead atoms. The van der Waals surface area contributed by atoms with E-state index in [-0.39, 0.29) is 6.09 Å². The van der Waals surface area contributed by atoms with Crippen LogP contribution in [0.3, 0.4) is 0 Å². The molecule has 3 rings (SSSR count). The molecule has 0 aromatic rings. The van der Waals surface area contributed by atoms with Gasteiger partial charge in [0.25, 0.3) is 0 Å². The first-order valence-corrected chi connectivity index (χ1v) is 12.1. The molecule has 0 spiro atoms. The van der Waals surface area contributed by atoms with Crippen molar-refractivity contribution in [1.29, 1.82) is 0 Å². The van der Waals surface area contributed by atoms with Gasteiger partial charge in [-0.3, -0.25) is 9.89 Å². The summed E-state index contributed by atoms with van der Waals surface area (Å²) in [6, 6.07) is 1.28. The highest BCUT2D eigenvalue weighted by Crippen LogP contribution is 2.26. The van der Waals surface area contributed by atoms with E-state index in [1.54, 1.807) is 0 Å². The first-order valence-electron chi connectivity index (χ1n) is 12.1. The van der Waals surface area contributed by atoms with Gasteiger partial charge in [0, 0.05) is 51.4 Å². The van der Waals surface area contributed by atoms with E-state index in [1.807, 2.05) is 25.7 Å². The van der Waals surface area contributed by atoms with Gasteiger partial charge in [-0.05, 0) is 65.7 Å². The Morgan fingerprint density at radius 2 is 1.83 bits per heavy atom. The van der Waals surface area contributed by atoms with Gasteiger partial charge in [0.2, 0.25) is 0 Å². The number of rotatable bonds is 5. The van der Waals surface area contributed by atoms with Crippen LogP contribution in [0.1, 0.15) is 72.6 Å². The number of guanidine groups is 1. The van der Waals surface area contributed by atoms with Crippen LogP contribution in [0.5, 0.6) is 0 Å². The largest absolute Gasteiger partial charge is 0.444 e. The van der Waals surface area contributed by atoms with E-state index in [4.69, 9.17) is 9.73 Å². The second kappa shape index (κ2) is 10.7. The monoisotopic (exact) mass is 421 g/mol. The average Bonchev–Trinajstić information content (AvgIpc) is 3.37. The number of nitrogens with one attached hydrogen (secondary N) is 2. The number of hydrogen-bond acceptors (Lipinski definition) is 4. The van der Waals surface area contributed by atoms with Crippen molar-refractivity contribution in [2.45, 2.75) is 90.3 Å². The molecule has 172 valence electrons. The highest BCUT2D eigenvalue weighted by molar-refractivity contribution is 5.80. The Bertz CT molecular complexity index is 583. The molecule has 2 N–H and O–H groups in total. The third kappa shape index (κ3) is 7.03. The molecule has 2 heterocycles. The molecular weight excluding hydrogens is 378 g/mol. The summed E-state index contributed by atoms with van der Waals surface area (Å²) < 4.78 is 5.55. The van der Waals surface area contributed by atoms with Crippen molar-refractivity contribution in [3.05, 3.63) is 0 Å². The number of likely N-dealkylation sites (tertiary alicyclic amines) is 2. The number of amides is 1. The molecule has 3 aliphatic rings. The maximum Gasteiger partial charge on any atom is 0.410 e. The third-order valence-corrected chi connectivity index (χ3v) is 6.42. The summed E-state index contributed by atoms with van der Waals surface area (Å²) in [6.07, 6.45) is 8.66. The molecule has 2 aliphatic heterocycles. The zero-order valence-corrected chi connectivity index (χ0v) is 19.6. The number of piperidine rings is 1. The minimum atomic E-state index is -0.446. The number of nitrogens with zero attached hydrogens (tertiary/aromatic N) is 3. The lowest BCUT2D eigenvalue weighted by Gasteiger charge is -2.33. The molecule has 30 heavy (non-hydrogen) atoms. The van der Waals surface area contributed by atoms with Crippen molar-refractivity contribution in [2.75, 3.05) is 39.3 Å². The Morgan fingerprint density at radius 1 is 1.07 bits per heavy atom. The molecular formula is C23H43N5O2. The molecule has 2 saturated heterocycles. The number of carbonyl (C=O) groups is 1. The van der Waals surface area contributed by atoms with Gasteiger partial charge in [-0.2, -0.15) is 0 Å². The molecule has 2 atom stereocenters. The Morgan fingerprint density at radius 3 is 2.53 bits per heavy atom. The van der Waals surface area contributed by atoms with Gasteiger partial charge in [0.15, 0.2) is 5.96 Å². The highest BCUT2D eigenvalue weighted by atomic mass is 16.6. The van der Waals surface area contributed by atoms with Crippen molar-refractivity contribution in [3.8, 4) is 0 Å². The van der Waals surface area contributed by atoms with Crippen molar-refractivity contribution in [2.24, 2.45) is 10.9 Å². The van der Waals surface area contributed by atoms with Gasteiger partial charge in [-0.15, -0.1) is 0 Å². The van der Waals surface area contributed by atoms with Crippen LogP contribution in [0.2, 0.25) is 0 Å². The lowest BCUT2D eigenvalue weighted by molar-refractivity contribution is 0.0170. The van der Waals surface area contributed by atoms with E-state index in [0.717, 1.165) is 57.6 Å². The topological polar surface area (TPSA) is 69.2 Å². The Balaban J connectivity index is 1.48. The number of aliphatic imine (C=N–C) groups is 1. The van der Waals surface area contributed by atoms with Crippen LogP contribution in [-0.4, -0.2) is 78.8 Å². The van der Waals surface area contributed by atoms with Crippen molar-refractivity contribution >= 4 is 12.1 Å². The van der Waals surface area contributed by atoms with E-state index in [2.05, 4.69) is 22.5 Å². The molecule has 1 aliphatic carbocycles. The molecule has 7 heteroatoms. The van der Waals surface area contributed by atoms with Crippen molar-refractivity contribution in [3.63, 3.8) is 0 Å². The second-order valence-corrected chi connectivity index (χ2v) is 10.2. The van der Waals surface area contributed by atoms with E-state index >= 15 is 0 Å². The zero-order chi connectivity index (χ0) is 21.6. The maximum atomic E-state index is 12.4. The average molecular weight is 422 g/mol. The quantitative estimate of drug-likeness (QED) is 0.527. The first-order chi connectivity index (χ1) is 14.3. The fraction of sp³-hybridized carbons (Fsp3) is 0.913. The summed E-state index contributed by atoms with van der Waals surface area (Å²) in [4.78, 5) is 21.8. The Kier molecular flexibility index (Phi) is 8.26. The van der Waals surface area contributed by atoms with E-state index < -0.39 is 5.60 Å². The zero-order valence-electron chi connectivity index (χ0n) is 19.6. The van der Waals surface area contributed by atoms with Crippen molar-refractivity contribution < 1.29 is 9.53 Å². The first kappa shape index (κ1) is 23.2. The molecule has 2 unspecified atom stereocenters. The van der Waals surface area contributed by atoms with Crippen LogP contribution in [-0.2, 0) is 4.74 Å². The van der Waals surface area contributed by atoms with Gasteiger partial charge in [0.05, 0.1) is 0 Å².